The Balaban J connectivity index is 1.55. The molecule has 2 amide bonds. The minimum atomic E-state index is -0.111. The summed E-state index contributed by atoms with van der Waals surface area (Å²) >= 11 is 1.47. The zero-order valence-corrected chi connectivity index (χ0v) is 19.2. The number of carbonyl (C=O) groups excluding carboxylic acids is 2. The van der Waals surface area contributed by atoms with Gasteiger partial charge >= 0.3 is 0 Å². The number of rotatable bonds is 5. The highest BCUT2D eigenvalue weighted by Gasteiger charge is 2.44. The number of hydrogen-bond acceptors (Lipinski definition) is 6. The number of likely N-dealkylation sites (N-methyl/N-ethyl adjacent to an activating group) is 1. The van der Waals surface area contributed by atoms with Crippen LogP contribution in [0.25, 0.3) is 0 Å². The SMILES string of the molecule is CN(C)CCN1C(=O)C(C#N)=C(N2CCN(C(=O)c3cccs3)CC2)C2CCCCC21. The van der Waals surface area contributed by atoms with Gasteiger partial charge in [0, 0.05) is 56.9 Å². The minimum Gasteiger partial charge on any atom is -0.370 e. The molecule has 2 unspecified atom stereocenters. The summed E-state index contributed by atoms with van der Waals surface area (Å²) in [7, 11) is 4.02. The first-order valence-corrected chi connectivity index (χ1v) is 12.1. The second-order valence-corrected chi connectivity index (χ2v) is 9.84. The summed E-state index contributed by atoms with van der Waals surface area (Å²) in [6, 6.07) is 6.21. The molecule has 0 radical (unpaired) electrons. The molecule has 7 nitrogen and oxygen atoms in total. The maximum absolute atomic E-state index is 13.3. The lowest BCUT2D eigenvalue weighted by Crippen LogP contribution is -2.57. The van der Waals surface area contributed by atoms with E-state index in [1.165, 1.54) is 11.3 Å². The summed E-state index contributed by atoms with van der Waals surface area (Å²) in [5, 5.41) is 11.9. The highest BCUT2D eigenvalue weighted by molar-refractivity contribution is 7.12. The monoisotopic (exact) mass is 441 g/mol. The molecule has 2 aliphatic heterocycles. The number of nitriles is 1. The van der Waals surface area contributed by atoms with Crippen LogP contribution < -0.4 is 0 Å². The Morgan fingerprint density at radius 1 is 1.23 bits per heavy atom. The van der Waals surface area contributed by atoms with Gasteiger partial charge in [0.1, 0.15) is 11.6 Å². The van der Waals surface area contributed by atoms with Crippen LogP contribution in [0.5, 0.6) is 0 Å². The molecule has 166 valence electrons. The van der Waals surface area contributed by atoms with Crippen molar-refractivity contribution in [2.24, 2.45) is 5.92 Å². The van der Waals surface area contributed by atoms with Gasteiger partial charge in [0.05, 0.1) is 4.88 Å². The van der Waals surface area contributed by atoms with Gasteiger partial charge in [-0.1, -0.05) is 18.9 Å². The Morgan fingerprint density at radius 2 is 1.97 bits per heavy atom. The van der Waals surface area contributed by atoms with Crippen LogP contribution in [-0.2, 0) is 4.79 Å². The van der Waals surface area contributed by atoms with Gasteiger partial charge in [0.15, 0.2) is 0 Å². The van der Waals surface area contributed by atoms with Gasteiger partial charge in [0.2, 0.25) is 0 Å². The molecule has 2 fully saturated rings. The Labute approximate surface area is 188 Å². The summed E-state index contributed by atoms with van der Waals surface area (Å²) in [4.78, 5) is 35.0. The molecule has 1 saturated heterocycles. The topological polar surface area (TPSA) is 70.9 Å². The molecule has 8 heteroatoms. The fraction of sp³-hybridized carbons (Fsp3) is 0.609. The summed E-state index contributed by atoms with van der Waals surface area (Å²) in [5.74, 6) is 0.191. The normalized spacial score (nSPS) is 24.5. The molecule has 2 atom stereocenters. The number of nitrogens with zero attached hydrogens (tertiary/aromatic N) is 5. The van der Waals surface area contributed by atoms with Gasteiger partial charge in [-0.15, -0.1) is 11.3 Å². The molecule has 1 aromatic rings. The van der Waals surface area contributed by atoms with Crippen molar-refractivity contribution in [1.29, 1.82) is 5.26 Å². The fourth-order valence-electron chi connectivity index (χ4n) is 5.17. The van der Waals surface area contributed by atoms with E-state index in [2.05, 4.69) is 15.9 Å². The van der Waals surface area contributed by atoms with Crippen molar-refractivity contribution in [2.45, 2.75) is 31.7 Å². The van der Waals surface area contributed by atoms with Gasteiger partial charge < -0.3 is 19.6 Å². The minimum absolute atomic E-state index is 0.0780. The number of carbonyl (C=O) groups is 2. The largest absolute Gasteiger partial charge is 0.370 e. The van der Waals surface area contributed by atoms with E-state index < -0.39 is 0 Å². The third-order valence-electron chi connectivity index (χ3n) is 6.75. The Kier molecular flexibility index (Phi) is 6.63. The van der Waals surface area contributed by atoms with Crippen LogP contribution in [0, 0.1) is 17.2 Å². The molecule has 4 rings (SSSR count). The van der Waals surface area contributed by atoms with E-state index in [0.29, 0.717) is 38.3 Å². The zero-order valence-electron chi connectivity index (χ0n) is 18.4. The van der Waals surface area contributed by atoms with Crippen LogP contribution in [0.3, 0.4) is 0 Å². The molecule has 0 bridgehead atoms. The second kappa shape index (κ2) is 9.41. The summed E-state index contributed by atoms with van der Waals surface area (Å²) in [5.41, 5.74) is 1.27. The lowest BCUT2D eigenvalue weighted by Gasteiger charge is -2.49. The van der Waals surface area contributed by atoms with Crippen LogP contribution >= 0.6 is 11.3 Å². The van der Waals surface area contributed by atoms with Gasteiger partial charge in [0.25, 0.3) is 11.8 Å². The van der Waals surface area contributed by atoms with Crippen LogP contribution in [0.2, 0.25) is 0 Å². The van der Waals surface area contributed by atoms with Gasteiger partial charge in [-0.25, -0.2) is 0 Å². The summed E-state index contributed by atoms with van der Waals surface area (Å²) < 4.78 is 0. The summed E-state index contributed by atoms with van der Waals surface area (Å²) in [6.45, 7) is 4.04. The fourth-order valence-corrected chi connectivity index (χ4v) is 5.86. The highest BCUT2D eigenvalue weighted by Crippen LogP contribution is 2.41. The third kappa shape index (κ3) is 4.35. The number of hydrogen-bond donors (Lipinski definition) is 0. The van der Waals surface area contributed by atoms with Crippen molar-refractivity contribution in [3.8, 4) is 6.07 Å². The van der Waals surface area contributed by atoms with Gasteiger partial charge in [-0.2, -0.15) is 5.26 Å². The van der Waals surface area contributed by atoms with E-state index >= 15 is 0 Å². The molecule has 3 heterocycles. The molecular formula is C23H31N5O2S. The number of thiophene rings is 1. The molecule has 31 heavy (non-hydrogen) atoms. The maximum Gasteiger partial charge on any atom is 0.266 e. The Hall–Kier alpha value is -2.37. The average Bonchev–Trinajstić information content (AvgIpc) is 3.32. The molecule has 0 spiro atoms. The van der Waals surface area contributed by atoms with E-state index in [9.17, 15) is 14.9 Å². The van der Waals surface area contributed by atoms with Crippen LogP contribution in [0.15, 0.2) is 28.8 Å². The lowest BCUT2D eigenvalue weighted by molar-refractivity contribution is -0.133. The predicted octanol–water partition coefficient (Wildman–Crippen LogP) is 2.25. The van der Waals surface area contributed by atoms with Crippen molar-refractivity contribution in [1.82, 2.24) is 19.6 Å². The molecule has 0 N–H and O–H groups in total. The first-order chi connectivity index (χ1) is 15.0. The van der Waals surface area contributed by atoms with Crippen LogP contribution in [-0.4, -0.2) is 90.8 Å². The van der Waals surface area contributed by atoms with E-state index in [1.54, 1.807) is 0 Å². The van der Waals surface area contributed by atoms with Crippen molar-refractivity contribution in [3.05, 3.63) is 33.7 Å². The predicted molar refractivity (Wildman–Crippen MR) is 120 cm³/mol. The molecule has 1 saturated carbocycles. The van der Waals surface area contributed by atoms with E-state index in [1.807, 2.05) is 41.4 Å². The standard InChI is InChI=1S/C23H31N5O2S/c1-25(2)9-14-28-19-7-4-3-6-17(19)21(18(16-24)22(28)29)26-10-12-27(13-11-26)23(30)20-8-5-15-31-20/h5,8,15,17,19H,3-4,6-7,9-14H2,1-2H3. The number of piperazine rings is 1. The van der Waals surface area contributed by atoms with Crippen molar-refractivity contribution < 1.29 is 9.59 Å². The average molecular weight is 442 g/mol. The Morgan fingerprint density at radius 3 is 2.61 bits per heavy atom. The molecule has 1 aliphatic carbocycles. The van der Waals surface area contributed by atoms with E-state index in [0.717, 1.165) is 42.8 Å². The Bertz CT molecular complexity index is 880. The van der Waals surface area contributed by atoms with Gasteiger partial charge in [-0.05, 0) is 38.4 Å². The molecule has 1 aromatic heterocycles. The van der Waals surface area contributed by atoms with Gasteiger partial charge in [-0.3, -0.25) is 9.59 Å². The highest BCUT2D eigenvalue weighted by atomic mass is 32.1. The second-order valence-electron chi connectivity index (χ2n) is 8.89. The third-order valence-corrected chi connectivity index (χ3v) is 7.61. The lowest BCUT2D eigenvalue weighted by atomic mass is 9.76. The first-order valence-electron chi connectivity index (χ1n) is 11.2. The first kappa shape index (κ1) is 21.8. The van der Waals surface area contributed by atoms with Crippen molar-refractivity contribution in [3.63, 3.8) is 0 Å². The maximum atomic E-state index is 13.3. The number of amides is 2. The smallest absolute Gasteiger partial charge is 0.266 e. The summed E-state index contributed by atoms with van der Waals surface area (Å²) in [6.07, 6.45) is 4.29. The molecule has 0 aromatic carbocycles. The quantitative estimate of drug-likeness (QED) is 0.701. The van der Waals surface area contributed by atoms with E-state index in [-0.39, 0.29) is 23.8 Å². The van der Waals surface area contributed by atoms with Crippen molar-refractivity contribution >= 4 is 23.2 Å². The van der Waals surface area contributed by atoms with Crippen molar-refractivity contribution in [2.75, 3.05) is 53.4 Å². The van der Waals surface area contributed by atoms with Crippen LogP contribution in [0.1, 0.15) is 35.4 Å². The number of fused-ring (bicyclic) bond motifs is 1. The van der Waals surface area contributed by atoms with E-state index in [4.69, 9.17) is 0 Å². The molecule has 3 aliphatic rings. The van der Waals surface area contributed by atoms with Crippen LogP contribution in [0.4, 0.5) is 0 Å². The zero-order chi connectivity index (χ0) is 22.0. The molecular weight excluding hydrogens is 410 g/mol.